The van der Waals surface area contributed by atoms with Gasteiger partial charge in [0.2, 0.25) is 0 Å². The van der Waals surface area contributed by atoms with Gasteiger partial charge in [0.25, 0.3) is 0 Å². The number of thiol groups is 1. The van der Waals surface area contributed by atoms with Crippen LogP contribution in [0.5, 0.6) is 0 Å². The molecule has 1 nitrogen and oxygen atoms in total. The Labute approximate surface area is 95.7 Å². The van der Waals surface area contributed by atoms with Crippen molar-refractivity contribution in [1.82, 2.24) is 4.90 Å². The molecule has 0 aliphatic heterocycles. The van der Waals surface area contributed by atoms with Crippen LogP contribution in [0.1, 0.15) is 40.5 Å². The molecule has 0 radical (unpaired) electrons. The molecule has 0 amide bonds. The molecule has 0 aromatic heterocycles. The third kappa shape index (κ3) is 7.69. The van der Waals surface area contributed by atoms with Crippen molar-refractivity contribution >= 4 is 12.6 Å². The van der Waals surface area contributed by atoms with Crippen molar-refractivity contribution in [2.24, 2.45) is 11.3 Å². The predicted octanol–water partition coefficient (Wildman–Crippen LogP) is 3.31. The monoisotopic (exact) mass is 217 g/mol. The Hall–Kier alpha value is 0.310. The fraction of sp³-hybridized carbons (Fsp3) is 1.00. The highest BCUT2D eigenvalue weighted by molar-refractivity contribution is 7.80. The molecule has 0 heterocycles. The maximum atomic E-state index is 4.41. The highest BCUT2D eigenvalue weighted by atomic mass is 32.1. The summed E-state index contributed by atoms with van der Waals surface area (Å²) in [6.07, 6.45) is 2.58. The summed E-state index contributed by atoms with van der Waals surface area (Å²) >= 11 is 4.41. The van der Waals surface area contributed by atoms with Crippen molar-refractivity contribution in [3.8, 4) is 0 Å². The van der Waals surface area contributed by atoms with E-state index in [-0.39, 0.29) is 0 Å². The van der Waals surface area contributed by atoms with E-state index in [1.807, 2.05) is 0 Å². The van der Waals surface area contributed by atoms with Crippen LogP contribution in [-0.4, -0.2) is 30.8 Å². The van der Waals surface area contributed by atoms with E-state index < -0.39 is 0 Å². The molecule has 2 heteroatoms. The second-order valence-electron chi connectivity index (χ2n) is 5.59. The first-order chi connectivity index (χ1) is 6.39. The van der Waals surface area contributed by atoms with Gasteiger partial charge < -0.3 is 4.90 Å². The van der Waals surface area contributed by atoms with Crippen LogP contribution < -0.4 is 0 Å². The van der Waals surface area contributed by atoms with Gasteiger partial charge in [-0.2, -0.15) is 12.6 Å². The Balaban J connectivity index is 3.84. The minimum atomic E-state index is 0.405. The van der Waals surface area contributed by atoms with E-state index in [0.717, 1.165) is 11.7 Å². The van der Waals surface area contributed by atoms with Crippen LogP contribution >= 0.6 is 12.6 Å². The van der Waals surface area contributed by atoms with Crippen LogP contribution in [0.15, 0.2) is 0 Å². The van der Waals surface area contributed by atoms with Gasteiger partial charge in [0.15, 0.2) is 0 Å². The lowest BCUT2D eigenvalue weighted by Gasteiger charge is -2.29. The Kier molecular flexibility index (Phi) is 6.88. The molecule has 0 aromatic rings. The number of hydrogen-bond donors (Lipinski definition) is 1. The second-order valence-corrected chi connectivity index (χ2v) is 5.96. The van der Waals surface area contributed by atoms with Crippen LogP contribution in [0.4, 0.5) is 0 Å². The Morgan fingerprint density at radius 3 is 2.21 bits per heavy atom. The normalized spacial score (nSPS) is 14.8. The van der Waals surface area contributed by atoms with E-state index in [2.05, 4.69) is 52.3 Å². The third-order valence-electron chi connectivity index (χ3n) is 2.27. The van der Waals surface area contributed by atoms with E-state index in [4.69, 9.17) is 0 Å². The lowest BCUT2D eigenvalue weighted by molar-refractivity contribution is 0.202. The molecule has 0 N–H and O–H groups in total. The van der Waals surface area contributed by atoms with Crippen molar-refractivity contribution in [3.63, 3.8) is 0 Å². The first-order valence-electron chi connectivity index (χ1n) is 5.68. The molecule has 0 spiro atoms. The van der Waals surface area contributed by atoms with Gasteiger partial charge in [-0.05, 0) is 30.6 Å². The Morgan fingerprint density at radius 2 is 1.86 bits per heavy atom. The molecule has 0 bridgehead atoms. The standard InChI is InChI=1S/C12H27NS/c1-6-7-11(9-14)8-13(5)10-12(2,3)4/h11,14H,6-10H2,1-5H3. The van der Waals surface area contributed by atoms with Gasteiger partial charge in [-0.3, -0.25) is 0 Å². The minimum absolute atomic E-state index is 0.405. The van der Waals surface area contributed by atoms with Gasteiger partial charge in [-0.25, -0.2) is 0 Å². The first-order valence-corrected chi connectivity index (χ1v) is 6.31. The van der Waals surface area contributed by atoms with Crippen molar-refractivity contribution in [2.75, 3.05) is 25.9 Å². The average Bonchev–Trinajstić information content (AvgIpc) is 2.00. The average molecular weight is 217 g/mol. The lowest BCUT2D eigenvalue weighted by atomic mass is 9.95. The predicted molar refractivity (Wildman–Crippen MR) is 69.2 cm³/mol. The summed E-state index contributed by atoms with van der Waals surface area (Å²) in [6.45, 7) is 11.5. The first kappa shape index (κ1) is 14.3. The zero-order valence-corrected chi connectivity index (χ0v) is 11.4. The molecule has 0 rings (SSSR count). The van der Waals surface area contributed by atoms with Gasteiger partial charge in [-0.15, -0.1) is 0 Å². The molecule has 86 valence electrons. The number of hydrogen-bond acceptors (Lipinski definition) is 2. The second kappa shape index (κ2) is 6.73. The molecule has 0 aliphatic carbocycles. The third-order valence-corrected chi connectivity index (χ3v) is 2.79. The maximum Gasteiger partial charge on any atom is 0.00271 e. The van der Waals surface area contributed by atoms with E-state index in [1.165, 1.54) is 25.9 Å². The fourth-order valence-electron chi connectivity index (χ4n) is 1.96. The van der Waals surface area contributed by atoms with E-state index in [9.17, 15) is 0 Å². The molecule has 0 aliphatic rings. The summed E-state index contributed by atoms with van der Waals surface area (Å²) < 4.78 is 0. The maximum absolute atomic E-state index is 4.41. The SMILES string of the molecule is CCCC(CS)CN(C)CC(C)(C)C. The molecule has 1 unspecified atom stereocenters. The van der Waals surface area contributed by atoms with E-state index in [1.54, 1.807) is 0 Å². The van der Waals surface area contributed by atoms with Crippen molar-refractivity contribution in [3.05, 3.63) is 0 Å². The van der Waals surface area contributed by atoms with Gasteiger partial charge in [0.05, 0.1) is 0 Å². The van der Waals surface area contributed by atoms with Crippen LogP contribution in [-0.2, 0) is 0 Å². The summed E-state index contributed by atoms with van der Waals surface area (Å²) in [6, 6.07) is 0. The molecule has 0 saturated heterocycles. The summed E-state index contributed by atoms with van der Waals surface area (Å²) in [5.74, 6) is 1.78. The van der Waals surface area contributed by atoms with Crippen molar-refractivity contribution < 1.29 is 0 Å². The Morgan fingerprint density at radius 1 is 1.29 bits per heavy atom. The summed E-state index contributed by atoms with van der Waals surface area (Å²) in [7, 11) is 2.22. The number of rotatable bonds is 6. The summed E-state index contributed by atoms with van der Waals surface area (Å²) in [4.78, 5) is 2.44. The zero-order valence-electron chi connectivity index (χ0n) is 10.5. The largest absolute Gasteiger partial charge is 0.306 e. The quantitative estimate of drug-likeness (QED) is 0.668. The highest BCUT2D eigenvalue weighted by Crippen LogP contribution is 2.16. The zero-order chi connectivity index (χ0) is 11.2. The van der Waals surface area contributed by atoms with Crippen LogP contribution in [0, 0.1) is 11.3 Å². The number of nitrogens with zero attached hydrogens (tertiary/aromatic N) is 1. The molecular formula is C12H27NS. The van der Waals surface area contributed by atoms with Crippen molar-refractivity contribution in [2.45, 2.75) is 40.5 Å². The molecule has 0 aromatic carbocycles. The smallest absolute Gasteiger partial charge is 0.00271 e. The topological polar surface area (TPSA) is 3.24 Å². The highest BCUT2D eigenvalue weighted by Gasteiger charge is 2.16. The molecule has 14 heavy (non-hydrogen) atoms. The van der Waals surface area contributed by atoms with Gasteiger partial charge >= 0.3 is 0 Å². The van der Waals surface area contributed by atoms with Gasteiger partial charge in [-0.1, -0.05) is 34.1 Å². The molecular weight excluding hydrogens is 190 g/mol. The molecule has 0 saturated carbocycles. The van der Waals surface area contributed by atoms with E-state index >= 15 is 0 Å². The summed E-state index contributed by atoms with van der Waals surface area (Å²) in [5.41, 5.74) is 0.405. The van der Waals surface area contributed by atoms with E-state index in [0.29, 0.717) is 5.41 Å². The fourth-order valence-corrected chi connectivity index (χ4v) is 2.26. The van der Waals surface area contributed by atoms with Gasteiger partial charge in [0.1, 0.15) is 0 Å². The van der Waals surface area contributed by atoms with Gasteiger partial charge in [0, 0.05) is 13.1 Å². The Bertz CT molecular complexity index is 140. The molecule has 1 atom stereocenters. The minimum Gasteiger partial charge on any atom is -0.306 e. The van der Waals surface area contributed by atoms with Crippen LogP contribution in [0.2, 0.25) is 0 Å². The van der Waals surface area contributed by atoms with Crippen molar-refractivity contribution in [1.29, 1.82) is 0 Å². The summed E-state index contributed by atoms with van der Waals surface area (Å²) in [5, 5.41) is 0. The van der Waals surface area contributed by atoms with Crippen LogP contribution in [0.3, 0.4) is 0 Å². The lowest BCUT2D eigenvalue weighted by Crippen LogP contribution is -2.33. The van der Waals surface area contributed by atoms with Crippen LogP contribution in [0.25, 0.3) is 0 Å². The molecule has 0 fully saturated rings.